The number of anilines is 1. The van der Waals surface area contributed by atoms with Crippen LogP contribution in [0.5, 0.6) is 0 Å². The molecule has 2 atom stereocenters. The third-order valence-electron chi connectivity index (χ3n) is 2.85. The molecule has 1 aliphatic carbocycles. The first-order valence-corrected chi connectivity index (χ1v) is 5.27. The van der Waals surface area contributed by atoms with E-state index < -0.39 is 11.8 Å². The Bertz CT molecular complexity index is 422. The fourth-order valence-corrected chi connectivity index (χ4v) is 1.77. The van der Waals surface area contributed by atoms with Crippen molar-refractivity contribution in [3.8, 4) is 0 Å². The Morgan fingerprint density at radius 1 is 1.75 bits per heavy atom. The van der Waals surface area contributed by atoms with Crippen molar-refractivity contribution < 1.29 is 14.3 Å². The van der Waals surface area contributed by atoms with Crippen molar-refractivity contribution in [3.05, 3.63) is 23.6 Å². The third kappa shape index (κ3) is 2.13. The van der Waals surface area contributed by atoms with E-state index in [4.69, 9.17) is 5.11 Å². The number of hydrogen-bond acceptors (Lipinski definition) is 3. The maximum Gasteiger partial charge on any atom is 0.339 e. The Morgan fingerprint density at radius 3 is 3.06 bits per heavy atom. The fourth-order valence-electron chi connectivity index (χ4n) is 1.77. The topological polar surface area (TPSA) is 62.2 Å². The van der Waals surface area contributed by atoms with Crippen LogP contribution in [0.1, 0.15) is 30.1 Å². The molecule has 0 aliphatic heterocycles. The van der Waals surface area contributed by atoms with Crippen LogP contribution in [0.4, 0.5) is 10.2 Å². The first-order valence-electron chi connectivity index (χ1n) is 5.27. The summed E-state index contributed by atoms with van der Waals surface area (Å²) in [6.07, 6.45) is 3.11. The van der Waals surface area contributed by atoms with E-state index in [-0.39, 0.29) is 17.4 Å². The highest BCUT2D eigenvalue weighted by atomic mass is 19.1. The van der Waals surface area contributed by atoms with Gasteiger partial charge in [-0.2, -0.15) is 0 Å². The fraction of sp³-hybridized carbons (Fsp3) is 0.455. The number of carbonyl (C=O) groups is 1. The molecule has 1 heterocycles. The standard InChI is InChI=1S/C11H13FN2O2/c1-2-6-3-9(6)14-10-8(11(15)16)4-7(12)5-13-10/h4-6,9H,2-3H2,1H3,(H,13,14)(H,15,16). The number of carboxylic acids is 1. The average Bonchev–Trinajstić information content (AvgIpc) is 2.99. The number of halogens is 1. The van der Waals surface area contributed by atoms with Crippen molar-refractivity contribution in [1.82, 2.24) is 4.98 Å². The number of aromatic carboxylic acids is 1. The van der Waals surface area contributed by atoms with Gasteiger partial charge in [-0.15, -0.1) is 0 Å². The summed E-state index contributed by atoms with van der Waals surface area (Å²) in [5, 5.41) is 11.9. The lowest BCUT2D eigenvalue weighted by Crippen LogP contribution is -2.11. The van der Waals surface area contributed by atoms with Crippen LogP contribution in [-0.4, -0.2) is 22.1 Å². The van der Waals surface area contributed by atoms with Crippen LogP contribution in [-0.2, 0) is 0 Å². The Morgan fingerprint density at radius 2 is 2.50 bits per heavy atom. The molecule has 4 nitrogen and oxygen atoms in total. The van der Waals surface area contributed by atoms with Gasteiger partial charge in [0.15, 0.2) is 0 Å². The average molecular weight is 224 g/mol. The second kappa shape index (κ2) is 4.08. The number of rotatable bonds is 4. The van der Waals surface area contributed by atoms with Gasteiger partial charge in [-0.05, 0) is 18.4 Å². The number of hydrogen-bond donors (Lipinski definition) is 2. The van der Waals surface area contributed by atoms with Gasteiger partial charge < -0.3 is 10.4 Å². The van der Waals surface area contributed by atoms with Gasteiger partial charge in [0.25, 0.3) is 0 Å². The molecule has 1 aliphatic rings. The van der Waals surface area contributed by atoms with Crippen LogP contribution in [0.25, 0.3) is 0 Å². The van der Waals surface area contributed by atoms with Crippen molar-refractivity contribution in [2.75, 3.05) is 5.32 Å². The van der Waals surface area contributed by atoms with Gasteiger partial charge >= 0.3 is 5.97 Å². The van der Waals surface area contributed by atoms with E-state index in [1.54, 1.807) is 0 Å². The quantitative estimate of drug-likeness (QED) is 0.822. The van der Waals surface area contributed by atoms with Gasteiger partial charge in [0.1, 0.15) is 17.2 Å². The minimum absolute atomic E-state index is 0.109. The molecule has 1 saturated carbocycles. The monoisotopic (exact) mass is 224 g/mol. The Labute approximate surface area is 92.5 Å². The van der Waals surface area contributed by atoms with E-state index in [1.807, 2.05) is 0 Å². The third-order valence-corrected chi connectivity index (χ3v) is 2.85. The van der Waals surface area contributed by atoms with E-state index in [1.165, 1.54) is 0 Å². The zero-order valence-corrected chi connectivity index (χ0v) is 8.90. The van der Waals surface area contributed by atoms with Crippen molar-refractivity contribution in [2.24, 2.45) is 5.92 Å². The minimum Gasteiger partial charge on any atom is -0.478 e. The van der Waals surface area contributed by atoms with Gasteiger partial charge in [-0.25, -0.2) is 14.2 Å². The van der Waals surface area contributed by atoms with Gasteiger partial charge in [0.05, 0.1) is 6.20 Å². The van der Waals surface area contributed by atoms with E-state index in [0.717, 1.165) is 25.1 Å². The van der Waals surface area contributed by atoms with E-state index in [0.29, 0.717) is 5.92 Å². The smallest absolute Gasteiger partial charge is 0.339 e. The van der Waals surface area contributed by atoms with Crippen molar-refractivity contribution in [1.29, 1.82) is 0 Å². The molecule has 0 aromatic carbocycles. The van der Waals surface area contributed by atoms with Crippen molar-refractivity contribution in [2.45, 2.75) is 25.8 Å². The molecule has 5 heteroatoms. The molecular weight excluding hydrogens is 211 g/mol. The van der Waals surface area contributed by atoms with Crippen LogP contribution < -0.4 is 5.32 Å². The van der Waals surface area contributed by atoms with Gasteiger partial charge in [0.2, 0.25) is 0 Å². The molecule has 1 aromatic heterocycles. The van der Waals surface area contributed by atoms with Crippen molar-refractivity contribution in [3.63, 3.8) is 0 Å². The molecule has 0 saturated heterocycles. The highest BCUT2D eigenvalue weighted by molar-refractivity contribution is 5.93. The lowest BCUT2D eigenvalue weighted by molar-refractivity contribution is 0.0697. The van der Waals surface area contributed by atoms with Gasteiger partial charge in [-0.3, -0.25) is 0 Å². The SMILES string of the molecule is CCC1CC1Nc1ncc(F)cc1C(=O)O. The van der Waals surface area contributed by atoms with E-state index >= 15 is 0 Å². The summed E-state index contributed by atoms with van der Waals surface area (Å²) >= 11 is 0. The first-order chi connectivity index (χ1) is 7.61. The van der Waals surface area contributed by atoms with E-state index in [9.17, 15) is 9.18 Å². The Hall–Kier alpha value is -1.65. The summed E-state index contributed by atoms with van der Waals surface area (Å²) in [6, 6.07) is 1.27. The number of nitrogens with zero attached hydrogens (tertiary/aromatic N) is 1. The van der Waals surface area contributed by atoms with Crippen LogP contribution in [0.15, 0.2) is 12.3 Å². The summed E-state index contributed by atoms with van der Waals surface area (Å²) in [5.41, 5.74) is -0.109. The lowest BCUT2D eigenvalue weighted by Gasteiger charge is -2.07. The molecule has 2 rings (SSSR count). The summed E-state index contributed by atoms with van der Waals surface area (Å²) in [5.74, 6) is -0.961. The molecule has 0 amide bonds. The maximum atomic E-state index is 12.8. The minimum atomic E-state index is -1.16. The summed E-state index contributed by atoms with van der Waals surface area (Å²) in [7, 11) is 0. The summed E-state index contributed by atoms with van der Waals surface area (Å²) < 4.78 is 12.8. The second-order valence-electron chi connectivity index (χ2n) is 4.01. The first kappa shape index (κ1) is 10.9. The predicted molar refractivity (Wildman–Crippen MR) is 57.0 cm³/mol. The van der Waals surface area contributed by atoms with Gasteiger partial charge in [0, 0.05) is 6.04 Å². The normalized spacial score (nSPS) is 22.9. The molecule has 1 aromatic rings. The Kier molecular flexibility index (Phi) is 2.77. The van der Waals surface area contributed by atoms with Crippen LogP contribution in [0.2, 0.25) is 0 Å². The Balaban J connectivity index is 2.17. The summed E-state index contributed by atoms with van der Waals surface area (Å²) in [4.78, 5) is 14.7. The maximum absolute atomic E-state index is 12.8. The molecule has 1 fully saturated rings. The second-order valence-corrected chi connectivity index (χ2v) is 4.01. The predicted octanol–water partition coefficient (Wildman–Crippen LogP) is 2.13. The van der Waals surface area contributed by atoms with E-state index in [2.05, 4.69) is 17.2 Å². The number of pyridine rings is 1. The number of aromatic nitrogens is 1. The number of carboxylic acid groups (broad SMARTS) is 1. The molecule has 16 heavy (non-hydrogen) atoms. The largest absolute Gasteiger partial charge is 0.478 e. The van der Waals surface area contributed by atoms with Crippen molar-refractivity contribution >= 4 is 11.8 Å². The highest BCUT2D eigenvalue weighted by Crippen LogP contribution is 2.36. The lowest BCUT2D eigenvalue weighted by atomic mass is 10.2. The van der Waals surface area contributed by atoms with Crippen LogP contribution >= 0.6 is 0 Å². The highest BCUT2D eigenvalue weighted by Gasteiger charge is 2.36. The zero-order valence-electron chi connectivity index (χ0n) is 8.90. The molecule has 2 unspecified atom stereocenters. The molecule has 86 valence electrons. The molecular formula is C11H13FN2O2. The zero-order chi connectivity index (χ0) is 11.7. The summed E-state index contributed by atoms with van der Waals surface area (Å²) in [6.45, 7) is 2.09. The molecule has 0 spiro atoms. The molecule has 0 bridgehead atoms. The van der Waals surface area contributed by atoms with Crippen LogP contribution in [0, 0.1) is 11.7 Å². The van der Waals surface area contributed by atoms with Gasteiger partial charge in [-0.1, -0.05) is 13.3 Å². The molecule has 2 N–H and O–H groups in total. The number of nitrogens with one attached hydrogen (secondary N) is 1. The van der Waals surface area contributed by atoms with Crippen LogP contribution in [0.3, 0.4) is 0 Å². The molecule has 0 radical (unpaired) electrons.